The summed E-state index contributed by atoms with van der Waals surface area (Å²) >= 11 is 0. The second-order valence-electron chi connectivity index (χ2n) is 6.51. The number of carbonyl (C=O) groups is 1. The first-order valence-corrected chi connectivity index (χ1v) is 9.21. The molecular weight excluding hydrogens is 441 g/mol. The molecule has 1 aliphatic heterocycles. The van der Waals surface area contributed by atoms with E-state index >= 15 is 0 Å². The van der Waals surface area contributed by atoms with Crippen molar-refractivity contribution >= 4 is 35.8 Å². The molecule has 0 bridgehead atoms. The molecule has 1 unspecified atom stereocenters. The Morgan fingerprint density at radius 1 is 1.35 bits per heavy atom. The van der Waals surface area contributed by atoms with Crippen LogP contribution >= 0.6 is 24.0 Å². The zero-order chi connectivity index (χ0) is 18.1. The van der Waals surface area contributed by atoms with Crippen molar-refractivity contribution in [2.24, 2.45) is 10.7 Å². The maximum Gasteiger partial charge on any atom is 0.248 e. The third kappa shape index (κ3) is 7.11. The molecule has 1 atom stereocenters. The lowest BCUT2D eigenvalue weighted by Gasteiger charge is -2.35. The van der Waals surface area contributed by atoms with Crippen LogP contribution in [0.15, 0.2) is 29.3 Å². The number of nitrogens with two attached hydrogens (primary N) is 1. The minimum atomic E-state index is -0.406. The van der Waals surface area contributed by atoms with Gasteiger partial charge in [0.15, 0.2) is 5.96 Å². The van der Waals surface area contributed by atoms with Gasteiger partial charge in [0.25, 0.3) is 0 Å². The molecule has 1 fully saturated rings. The van der Waals surface area contributed by atoms with E-state index in [1.54, 1.807) is 13.1 Å². The number of halogens is 1. The largest absolute Gasteiger partial charge is 0.366 e. The van der Waals surface area contributed by atoms with Crippen LogP contribution in [0.25, 0.3) is 0 Å². The van der Waals surface area contributed by atoms with Gasteiger partial charge in [-0.15, -0.1) is 24.0 Å². The van der Waals surface area contributed by atoms with E-state index in [1.165, 1.54) is 32.2 Å². The van der Waals surface area contributed by atoms with Gasteiger partial charge in [-0.2, -0.15) is 0 Å². The zero-order valence-corrected chi connectivity index (χ0v) is 18.2. The molecule has 4 N–H and O–H groups in total. The highest BCUT2D eigenvalue weighted by Crippen LogP contribution is 2.18. The highest BCUT2D eigenvalue weighted by molar-refractivity contribution is 14.0. The third-order valence-corrected chi connectivity index (χ3v) is 4.81. The van der Waals surface area contributed by atoms with Crippen molar-refractivity contribution in [1.82, 2.24) is 15.5 Å². The number of hydrogen-bond acceptors (Lipinski definition) is 3. The van der Waals surface area contributed by atoms with Crippen molar-refractivity contribution in [3.05, 3.63) is 35.4 Å². The molecule has 0 saturated carbocycles. The SMILES string of the molecule is CCC1CCCCN1CCNC(=NC)NCc1cccc(C(N)=O)c1.I. The van der Waals surface area contributed by atoms with E-state index in [0.29, 0.717) is 12.1 Å². The monoisotopic (exact) mass is 473 g/mol. The molecule has 1 aromatic rings. The summed E-state index contributed by atoms with van der Waals surface area (Å²) < 4.78 is 0. The summed E-state index contributed by atoms with van der Waals surface area (Å²) in [5, 5.41) is 6.66. The average molecular weight is 473 g/mol. The van der Waals surface area contributed by atoms with Gasteiger partial charge >= 0.3 is 0 Å². The van der Waals surface area contributed by atoms with Crippen LogP contribution in [-0.4, -0.2) is 49.5 Å². The maximum atomic E-state index is 11.3. The molecule has 1 saturated heterocycles. The van der Waals surface area contributed by atoms with Crippen LogP contribution in [0, 0.1) is 0 Å². The first-order valence-electron chi connectivity index (χ1n) is 9.21. The second kappa shape index (κ2) is 12.1. The molecule has 0 radical (unpaired) electrons. The Balaban J connectivity index is 0.00000338. The smallest absolute Gasteiger partial charge is 0.248 e. The Kier molecular flexibility index (Phi) is 10.6. The van der Waals surface area contributed by atoms with Gasteiger partial charge in [-0.3, -0.25) is 14.7 Å². The molecular formula is C19H32IN5O. The van der Waals surface area contributed by atoms with Crippen molar-refractivity contribution in [2.45, 2.75) is 45.2 Å². The lowest BCUT2D eigenvalue weighted by molar-refractivity contribution is 0.1000. The summed E-state index contributed by atoms with van der Waals surface area (Å²) in [7, 11) is 1.77. The first kappa shape index (κ1) is 22.7. The molecule has 1 aliphatic rings. The quantitative estimate of drug-likeness (QED) is 0.323. The van der Waals surface area contributed by atoms with Gasteiger partial charge < -0.3 is 16.4 Å². The molecule has 1 heterocycles. The lowest BCUT2D eigenvalue weighted by Crippen LogP contribution is -2.45. The van der Waals surface area contributed by atoms with Gasteiger partial charge in [-0.25, -0.2) is 0 Å². The Morgan fingerprint density at radius 3 is 2.85 bits per heavy atom. The molecule has 0 aliphatic carbocycles. The molecule has 26 heavy (non-hydrogen) atoms. The standard InChI is InChI=1S/C19H31N5O.HI/c1-3-17-9-4-5-11-24(17)12-10-22-19(21-2)23-14-15-7-6-8-16(13-15)18(20)25;/h6-8,13,17H,3-5,9-12,14H2,1-2H3,(H2,20,25)(H2,21,22,23);1H. The summed E-state index contributed by atoms with van der Waals surface area (Å²) in [4.78, 5) is 18.1. The molecule has 0 spiro atoms. The van der Waals surface area contributed by atoms with Crippen LogP contribution in [0.5, 0.6) is 0 Å². The fraction of sp³-hybridized carbons (Fsp3) is 0.579. The highest BCUT2D eigenvalue weighted by atomic mass is 127. The number of primary amides is 1. The Morgan fingerprint density at radius 2 is 2.15 bits per heavy atom. The van der Waals surface area contributed by atoms with Crippen LogP contribution in [0.4, 0.5) is 0 Å². The van der Waals surface area contributed by atoms with E-state index in [1.807, 2.05) is 18.2 Å². The predicted octanol–water partition coefficient (Wildman–Crippen LogP) is 2.33. The number of amides is 1. The summed E-state index contributed by atoms with van der Waals surface area (Å²) in [6.45, 7) is 5.99. The number of rotatable bonds is 7. The Hall–Kier alpha value is -1.35. The number of nitrogens with one attached hydrogen (secondary N) is 2. The summed E-state index contributed by atoms with van der Waals surface area (Å²) in [6.07, 6.45) is 5.21. The molecule has 0 aromatic heterocycles. The molecule has 7 heteroatoms. The van der Waals surface area contributed by atoms with Crippen LogP contribution < -0.4 is 16.4 Å². The summed E-state index contributed by atoms with van der Waals surface area (Å²) in [5.74, 6) is 0.367. The van der Waals surface area contributed by atoms with Gasteiger partial charge in [0.05, 0.1) is 0 Å². The molecule has 1 amide bonds. The Labute approximate surface area is 174 Å². The van der Waals surface area contributed by atoms with Gasteiger partial charge in [0, 0.05) is 38.3 Å². The van der Waals surface area contributed by atoms with Crippen LogP contribution in [0.1, 0.15) is 48.5 Å². The topological polar surface area (TPSA) is 82.8 Å². The van der Waals surface area contributed by atoms with Gasteiger partial charge in [-0.05, 0) is 43.5 Å². The van der Waals surface area contributed by atoms with E-state index in [2.05, 4.69) is 27.4 Å². The van der Waals surface area contributed by atoms with E-state index in [4.69, 9.17) is 5.73 Å². The number of hydrogen-bond donors (Lipinski definition) is 3. The van der Waals surface area contributed by atoms with Crippen LogP contribution in [0.2, 0.25) is 0 Å². The minimum absolute atomic E-state index is 0. The minimum Gasteiger partial charge on any atom is -0.366 e. The number of aliphatic imine (C=N–C) groups is 1. The van der Waals surface area contributed by atoms with Crippen molar-refractivity contribution in [3.8, 4) is 0 Å². The molecule has 146 valence electrons. The molecule has 6 nitrogen and oxygen atoms in total. The van der Waals surface area contributed by atoms with Crippen molar-refractivity contribution in [1.29, 1.82) is 0 Å². The fourth-order valence-corrected chi connectivity index (χ4v) is 3.38. The van der Waals surface area contributed by atoms with E-state index in [9.17, 15) is 4.79 Å². The summed E-state index contributed by atoms with van der Waals surface area (Å²) in [6, 6.07) is 8.06. The van der Waals surface area contributed by atoms with Crippen molar-refractivity contribution in [2.75, 3.05) is 26.7 Å². The molecule has 1 aromatic carbocycles. The number of likely N-dealkylation sites (tertiary alicyclic amines) is 1. The number of piperidine rings is 1. The predicted molar refractivity (Wildman–Crippen MR) is 118 cm³/mol. The van der Waals surface area contributed by atoms with Gasteiger partial charge in [0.2, 0.25) is 5.91 Å². The van der Waals surface area contributed by atoms with Crippen LogP contribution in [-0.2, 0) is 6.54 Å². The third-order valence-electron chi connectivity index (χ3n) is 4.81. The summed E-state index contributed by atoms with van der Waals surface area (Å²) in [5.41, 5.74) is 6.85. The van der Waals surface area contributed by atoms with Crippen molar-refractivity contribution < 1.29 is 4.79 Å². The zero-order valence-electron chi connectivity index (χ0n) is 15.8. The lowest BCUT2D eigenvalue weighted by atomic mass is 10.0. The number of carbonyl (C=O) groups excluding carboxylic acids is 1. The second-order valence-corrected chi connectivity index (χ2v) is 6.51. The molecule has 2 rings (SSSR count). The Bertz CT molecular complexity index is 593. The van der Waals surface area contributed by atoms with Gasteiger partial charge in [-0.1, -0.05) is 25.5 Å². The van der Waals surface area contributed by atoms with Crippen LogP contribution in [0.3, 0.4) is 0 Å². The number of nitrogens with zero attached hydrogens (tertiary/aromatic N) is 2. The van der Waals surface area contributed by atoms with E-state index in [0.717, 1.165) is 30.7 Å². The van der Waals surface area contributed by atoms with Gasteiger partial charge in [0.1, 0.15) is 0 Å². The van der Waals surface area contributed by atoms with E-state index < -0.39 is 5.91 Å². The van der Waals surface area contributed by atoms with E-state index in [-0.39, 0.29) is 24.0 Å². The first-order chi connectivity index (χ1) is 12.1. The maximum absolute atomic E-state index is 11.3. The number of benzene rings is 1. The normalized spacial score (nSPS) is 18.1. The van der Waals surface area contributed by atoms with Crippen molar-refractivity contribution in [3.63, 3.8) is 0 Å². The average Bonchev–Trinajstić information content (AvgIpc) is 2.65. The highest BCUT2D eigenvalue weighted by Gasteiger charge is 2.19. The number of guanidine groups is 1. The fourth-order valence-electron chi connectivity index (χ4n) is 3.38.